The molecule has 2 saturated heterocycles. The van der Waals surface area contributed by atoms with Crippen molar-refractivity contribution in [2.75, 3.05) is 37.6 Å². The first-order chi connectivity index (χ1) is 15.5. The standard InChI is InChI=1S/C20H24F3N5O4S/c1-13-18(14(2)32-25-13)33(30,31)28-7-3-4-16(28)19(29)27-10-8-26(9-11-27)17-6-5-15(12-24-17)20(21,22)23/h5-6,12,16H,3-4,7-11H2,1-2H3/t16-/m0/s1. The molecule has 4 heterocycles. The average molecular weight is 488 g/mol. The predicted molar refractivity (Wildman–Crippen MR) is 111 cm³/mol. The summed E-state index contributed by atoms with van der Waals surface area (Å²) >= 11 is 0. The Morgan fingerprint density at radius 2 is 1.82 bits per heavy atom. The third-order valence-corrected chi connectivity index (χ3v) is 8.17. The average Bonchev–Trinajstić information content (AvgIpc) is 3.40. The van der Waals surface area contributed by atoms with Crippen LogP contribution in [-0.2, 0) is 21.0 Å². The summed E-state index contributed by atoms with van der Waals surface area (Å²) in [6.07, 6.45) is -2.67. The monoisotopic (exact) mass is 487 g/mol. The lowest BCUT2D eigenvalue weighted by Crippen LogP contribution is -2.54. The van der Waals surface area contributed by atoms with Crippen LogP contribution in [0.5, 0.6) is 0 Å². The summed E-state index contributed by atoms with van der Waals surface area (Å²) in [5.74, 6) is 0.310. The fourth-order valence-corrected chi connectivity index (χ4v) is 6.29. The third-order valence-electron chi connectivity index (χ3n) is 6.01. The lowest BCUT2D eigenvalue weighted by Gasteiger charge is -2.37. The molecule has 0 saturated carbocycles. The molecule has 180 valence electrons. The van der Waals surface area contributed by atoms with Crippen LogP contribution in [0.15, 0.2) is 27.7 Å². The van der Waals surface area contributed by atoms with Crippen molar-refractivity contribution in [3.63, 3.8) is 0 Å². The van der Waals surface area contributed by atoms with Gasteiger partial charge in [-0.15, -0.1) is 0 Å². The van der Waals surface area contributed by atoms with Crippen molar-refractivity contribution >= 4 is 21.7 Å². The third kappa shape index (κ3) is 4.43. The molecule has 4 rings (SSSR count). The number of alkyl halides is 3. The van der Waals surface area contributed by atoms with Gasteiger partial charge in [-0.25, -0.2) is 13.4 Å². The van der Waals surface area contributed by atoms with E-state index in [2.05, 4.69) is 10.1 Å². The molecule has 2 aliphatic heterocycles. The number of piperazine rings is 1. The normalized spacial score (nSPS) is 20.5. The van der Waals surface area contributed by atoms with Crippen LogP contribution in [0.1, 0.15) is 29.9 Å². The van der Waals surface area contributed by atoms with E-state index in [9.17, 15) is 26.4 Å². The minimum absolute atomic E-state index is 0.000368. The lowest BCUT2D eigenvalue weighted by molar-refractivity contribution is -0.138. The maximum atomic E-state index is 13.2. The SMILES string of the molecule is Cc1noc(C)c1S(=O)(=O)N1CCC[C@H]1C(=O)N1CCN(c2ccc(C(F)(F)F)cn2)CC1. The van der Waals surface area contributed by atoms with E-state index >= 15 is 0 Å². The number of carbonyl (C=O) groups is 1. The molecule has 0 aromatic carbocycles. The van der Waals surface area contributed by atoms with Crippen molar-refractivity contribution in [3.05, 3.63) is 35.3 Å². The van der Waals surface area contributed by atoms with E-state index in [-0.39, 0.29) is 28.8 Å². The summed E-state index contributed by atoms with van der Waals surface area (Å²) in [6, 6.07) is 1.49. The minimum Gasteiger partial charge on any atom is -0.360 e. The Bertz CT molecular complexity index is 1110. The summed E-state index contributed by atoms with van der Waals surface area (Å²) in [5.41, 5.74) is -0.566. The lowest BCUT2D eigenvalue weighted by atomic mass is 10.2. The molecule has 0 bridgehead atoms. The smallest absolute Gasteiger partial charge is 0.360 e. The van der Waals surface area contributed by atoms with E-state index in [4.69, 9.17) is 4.52 Å². The quantitative estimate of drug-likeness (QED) is 0.652. The maximum absolute atomic E-state index is 13.2. The van der Waals surface area contributed by atoms with Crippen LogP contribution < -0.4 is 4.90 Å². The highest BCUT2D eigenvalue weighted by molar-refractivity contribution is 7.89. The Balaban J connectivity index is 1.43. The Kier molecular flexibility index (Phi) is 6.12. The van der Waals surface area contributed by atoms with Crippen molar-refractivity contribution in [1.82, 2.24) is 19.3 Å². The van der Waals surface area contributed by atoms with Crippen molar-refractivity contribution in [2.45, 2.75) is 43.8 Å². The number of hydrogen-bond donors (Lipinski definition) is 0. The number of aryl methyl sites for hydroxylation is 2. The number of hydrogen-bond acceptors (Lipinski definition) is 7. The minimum atomic E-state index is -4.45. The highest BCUT2D eigenvalue weighted by Gasteiger charge is 2.43. The van der Waals surface area contributed by atoms with Gasteiger partial charge in [-0.1, -0.05) is 5.16 Å². The zero-order chi connectivity index (χ0) is 24.0. The maximum Gasteiger partial charge on any atom is 0.417 e. The molecule has 33 heavy (non-hydrogen) atoms. The number of anilines is 1. The van der Waals surface area contributed by atoms with E-state index in [1.807, 2.05) is 0 Å². The molecule has 2 aliphatic rings. The Labute approximate surface area is 189 Å². The summed E-state index contributed by atoms with van der Waals surface area (Å²) in [4.78, 5) is 20.5. The molecule has 0 radical (unpaired) electrons. The van der Waals surface area contributed by atoms with Gasteiger partial charge in [0.2, 0.25) is 15.9 Å². The molecular weight excluding hydrogens is 463 g/mol. The molecule has 2 aromatic heterocycles. The van der Waals surface area contributed by atoms with Gasteiger partial charge in [0, 0.05) is 38.9 Å². The molecule has 0 N–H and O–H groups in total. The van der Waals surface area contributed by atoms with Gasteiger partial charge in [-0.3, -0.25) is 4.79 Å². The van der Waals surface area contributed by atoms with Gasteiger partial charge in [0.05, 0.1) is 5.56 Å². The van der Waals surface area contributed by atoms with Crippen LogP contribution in [0.3, 0.4) is 0 Å². The molecule has 0 unspecified atom stereocenters. The Morgan fingerprint density at radius 3 is 2.36 bits per heavy atom. The largest absolute Gasteiger partial charge is 0.417 e. The summed E-state index contributed by atoms with van der Waals surface area (Å²) in [6.45, 7) is 4.70. The van der Waals surface area contributed by atoms with Crippen LogP contribution in [0.4, 0.5) is 19.0 Å². The van der Waals surface area contributed by atoms with Gasteiger partial charge in [0.15, 0.2) is 5.76 Å². The van der Waals surface area contributed by atoms with E-state index in [0.717, 1.165) is 12.3 Å². The van der Waals surface area contributed by atoms with Crippen LogP contribution in [0, 0.1) is 13.8 Å². The number of sulfonamides is 1. The molecule has 2 fully saturated rings. The zero-order valence-corrected chi connectivity index (χ0v) is 19.0. The summed E-state index contributed by atoms with van der Waals surface area (Å²) in [5, 5.41) is 3.72. The van der Waals surface area contributed by atoms with E-state index in [1.54, 1.807) is 16.7 Å². The molecule has 1 atom stereocenters. The highest BCUT2D eigenvalue weighted by atomic mass is 32.2. The summed E-state index contributed by atoms with van der Waals surface area (Å²) < 4.78 is 70.9. The molecule has 13 heteroatoms. The van der Waals surface area contributed by atoms with Crippen LogP contribution in [-0.4, -0.2) is 72.4 Å². The second kappa shape index (κ2) is 8.60. The molecule has 0 spiro atoms. The van der Waals surface area contributed by atoms with Crippen LogP contribution in [0.25, 0.3) is 0 Å². The number of amides is 1. The van der Waals surface area contributed by atoms with Crippen molar-refractivity contribution in [2.24, 2.45) is 0 Å². The molecule has 9 nitrogen and oxygen atoms in total. The highest BCUT2D eigenvalue weighted by Crippen LogP contribution is 2.32. The first kappa shape index (κ1) is 23.5. The molecular formula is C20H24F3N5O4S. The fourth-order valence-electron chi connectivity index (χ4n) is 4.34. The van der Waals surface area contributed by atoms with Gasteiger partial charge in [-0.05, 0) is 38.8 Å². The number of carbonyl (C=O) groups excluding carboxylic acids is 1. The second-order valence-corrected chi connectivity index (χ2v) is 9.97. The number of aromatic nitrogens is 2. The van der Waals surface area contributed by atoms with E-state index < -0.39 is 27.8 Å². The predicted octanol–water partition coefficient (Wildman–Crippen LogP) is 2.21. The Morgan fingerprint density at radius 1 is 1.12 bits per heavy atom. The van der Waals surface area contributed by atoms with E-state index in [1.165, 1.54) is 17.3 Å². The van der Waals surface area contributed by atoms with E-state index in [0.29, 0.717) is 44.8 Å². The van der Waals surface area contributed by atoms with Crippen LogP contribution >= 0.6 is 0 Å². The number of pyridine rings is 1. The number of rotatable bonds is 4. The molecule has 2 aromatic rings. The first-order valence-corrected chi connectivity index (χ1v) is 12.0. The van der Waals surface area contributed by atoms with Gasteiger partial charge < -0.3 is 14.3 Å². The molecule has 0 aliphatic carbocycles. The van der Waals surface area contributed by atoms with Crippen LogP contribution in [0.2, 0.25) is 0 Å². The number of nitrogens with zero attached hydrogens (tertiary/aromatic N) is 5. The van der Waals surface area contributed by atoms with Gasteiger partial charge in [0.1, 0.15) is 22.4 Å². The van der Waals surface area contributed by atoms with Crippen molar-refractivity contribution in [3.8, 4) is 0 Å². The van der Waals surface area contributed by atoms with Gasteiger partial charge in [-0.2, -0.15) is 17.5 Å². The summed E-state index contributed by atoms with van der Waals surface area (Å²) in [7, 11) is -3.94. The van der Waals surface area contributed by atoms with Crippen molar-refractivity contribution in [1.29, 1.82) is 0 Å². The Hall–Kier alpha value is -2.67. The van der Waals surface area contributed by atoms with Crippen molar-refractivity contribution < 1.29 is 30.9 Å². The van der Waals surface area contributed by atoms with Gasteiger partial charge in [0.25, 0.3) is 0 Å². The fraction of sp³-hybridized carbons (Fsp3) is 0.550. The number of halogens is 3. The molecule has 1 amide bonds. The van der Waals surface area contributed by atoms with Gasteiger partial charge >= 0.3 is 6.18 Å². The topological polar surface area (TPSA) is 99.8 Å². The first-order valence-electron chi connectivity index (χ1n) is 10.5. The second-order valence-electron chi connectivity index (χ2n) is 8.14. The zero-order valence-electron chi connectivity index (χ0n) is 18.2.